The molecule has 0 unspecified atom stereocenters. The van der Waals surface area contributed by atoms with Crippen molar-refractivity contribution in [1.82, 2.24) is 35.0 Å². The van der Waals surface area contributed by atoms with E-state index in [0.29, 0.717) is 18.3 Å². The van der Waals surface area contributed by atoms with Crippen LogP contribution in [-0.4, -0.2) is 55.7 Å². The van der Waals surface area contributed by atoms with Crippen LogP contribution < -0.4 is 5.32 Å². The number of para-hydroxylation sites is 1. The highest BCUT2D eigenvalue weighted by molar-refractivity contribution is 5.91. The molecular weight excluding hydrogens is 378 g/mol. The molecule has 1 saturated heterocycles. The van der Waals surface area contributed by atoms with E-state index in [1.54, 1.807) is 29.0 Å². The average molecular weight is 402 g/mol. The third kappa shape index (κ3) is 4.40. The van der Waals surface area contributed by atoms with E-state index >= 15 is 0 Å². The van der Waals surface area contributed by atoms with Crippen LogP contribution in [0.15, 0.2) is 48.9 Å². The van der Waals surface area contributed by atoms with Crippen molar-refractivity contribution in [2.75, 3.05) is 20.1 Å². The topological polar surface area (TPSA) is 80.9 Å². The van der Waals surface area contributed by atoms with Crippen LogP contribution in [0.3, 0.4) is 0 Å². The Bertz CT molecular complexity index is 902. The smallest absolute Gasteiger partial charge is 0.276 e. The monoisotopic (exact) mass is 401 g/mol. The summed E-state index contributed by atoms with van der Waals surface area (Å²) in [6.45, 7) is 2.41. The van der Waals surface area contributed by atoms with Gasteiger partial charge in [0.05, 0.1) is 24.1 Å². The Morgan fingerprint density at radius 1 is 1.21 bits per heavy atom. The molecular formula is C19H24ClN7O. The molecule has 0 saturated carbocycles. The molecule has 0 spiro atoms. The van der Waals surface area contributed by atoms with E-state index in [1.807, 2.05) is 41.2 Å². The van der Waals surface area contributed by atoms with E-state index in [2.05, 4.69) is 20.7 Å². The molecule has 3 heterocycles. The summed E-state index contributed by atoms with van der Waals surface area (Å²) in [5.41, 5.74) is 2.33. The molecule has 1 amide bonds. The Morgan fingerprint density at radius 2 is 1.96 bits per heavy atom. The van der Waals surface area contributed by atoms with Crippen LogP contribution in [0.2, 0.25) is 0 Å². The van der Waals surface area contributed by atoms with Gasteiger partial charge in [-0.25, -0.2) is 9.36 Å². The Morgan fingerprint density at radius 3 is 2.71 bits per heavy atom. The van der Waals surface area contributed by atoms with Crippen molar-refractivity contribution in [3.05, 3.63) is 60.2 Å². The molecule has 0 radical (unpaired) electrons. The largest absolute Gasteiger partial charge is 0.336 e. The molecule has 1 aliphatic heterocycles. The van der Waals surface area contributed by atoms with Crippen molar-refractivity contribution < 1.29 is 4.79 Å². The van der Waals surface area contributed by atoms with Gasteiger partial charge in [0.15, 0.2) is 5.69 Å². The summed E-state index contributed by atoms with van der Waals surface area (Å²) in [6, 6.07) is 10.2. The fourth-order valence-electron chi connectivity index (χ4n) is 3.33. The third-order valence-corrected chi connectivity index (χ3v) is 4.84. The molecule has 4 rings (SSSR count). The Hall–Kier alpha value is -2.71. The van der Waals surface area contributed by atoms with Gasteiger partial charge in [-0.15, -0.1) is 17.5 Å². The summed E-state index contributed by atoms with van der Waals surface area (Å²) in [7, 11) is 1.77. The maximum atomic E-state index is 12.7. The maximum Gasteiger partial charge on any atom is 0.276 e. The molecule has 1 aliphatic rings. The zero-order chi connectivity index (χ0) is 18.6. The normalized spacial score (nSPS) is 14.5. The van der Waals surface area contributed by atoms with Gasteiger partial charge in [0, 0.05) is 25.4 Å². The Labute approximate surface area is 169 Å². The molecule has 1 aromatic carbocycles. The van der Waals surface area contributed by atoms with E-state index < -0.39 is 0 Å². The summed E-state index contributed by atoms with van der Waals surface area (Å²) in [5, 5.41) is 16.0. The molecule has 0 aliphatic carbocycles. The summed E-state index contributed by atoms with van der Waals surface area (Å²) >= 11 is 0. The molecule has 28 heavy (non-hydrogen) atoms. The lowest BCUT2D eigenvalue weighted by molar-refractivity contribution is 0.0779. The van der Waals surface area contributed by atoms with E-state index in [1.165, 1.54) is 0 Å². The molecule has 1 N–H and O–H groups in total. The first kappa shape index (κ1) is 20.0. The standard InChI is InChI=1S/C19H23N7O.ClH/c1-24(12-15-11-21-25(13-15)16-5-3-2-4-6-16)19(27)18-14-26(23-22-18)17-7-9-20-10-8-17;/h2-6,11,13-14,17,20H,7-10,12H2,1H3;1H. The Balaban J connectivity index is 0.00000225. The Kier molecular flexibility index (Phi) is 6.43. The number of halogens is 1. The number of carbonyl (C=O) groups is 1. The van der Waals surface area contributed by atoms with Gasteiger partial charge in [0.2, 0.25) is 0 Å². The highest BCUT2D eigenvalue weighted by atomic mass is 35.5. The van der Waals surface area contributed by atoms with Crippen LogP contribution in [0.4, 0.5) is 0 Å². The predicted octanol–water partition coefficient (Wildman–Crippen LogP) is 2.08. The summed E-state index contributed by atoms with van der Waals surface area (Å²) in [6.07, 6.45) is 7.49. The first-order chi connectivity index (χ1) is 13.2. The van der Waals surface area contributed by atoms with Gasteiger partial charge in [0.1, 0.15) is 0 Å². The SMILES string of the molecule is CN(Cc1cnn(-c2ccccc2)c1)C(=O)c1cn(C2CCNCC2)nn1.Cl. The molecule has 0 atom stereocenters. The molecule has 8 nitrogen and oxygen atoms in total. The second kappa shape index (κ2) is 8.99. The number of benzene rings is 1. The lowest BCUT2D eigenvalue weighted by Gasteiger charge is -2.22. The summed E-state index contributed by atoms with van der Waals surface area (Å²) < 4.78 is 3.64. The number of piperidine rings is 1. The molecule has 1 fully saturated rings. The van der Waals surface area contributed by atoms with Crippen molar-refractivity contribution in [1.29, 1.82) is 0 Å². The molecule has 2 aromatic heterocycles. The van der Waals surface area contributed by atoms with Crippen molar-refractivity contribution >= 4 is 18.3 Å². The zero-order valence-electron chi connectivity index (χ0n) is 15.7. The van der Waals surface area contributed by atoms with Gasteiger partial charge in [-0.2, -0.15) is 5.10 Å². The van der Waals surface area contributed by atoms with E-state index in [9.17, 15) is 4.79 Å². The van der Waals surface area contributed by atoms with Gasteiger partial charge in [-0.3, -0.25) is 4.79 Å². The molecule has 3 aromatic rings. The number of nitrogens with zero attached hydrogens (tertiary/aromatic N) is 6. The average Bonchev–Trinajstić information content (AvgIpc) is 3.39. The number of rotatable bonds is 5. The van der Waals surface area contributed by atoms with Gasteiger partial charge in [-0.1, -0.05) is 23.4 Å². The van der Waals surface area contributed by atoms with Crippen LogP contribution in [0, 0.1) is 0 Å². The lowest BCUT2D eigenvalue weighted by Crippen LogP contribution is -2.29. The highest BCUT2D eigenvalue weighted by Gasteiger charge is 2.21. The van der Waals surface area contributed by atoms with Gasteiger partial charge in [0.25, 0.3) is 5.91 Å². The van der Waals surface area contributed by atoms with Crippen molar-refractivity contribution in [2.24, 2.45) is 0 Å². The van der Waals surface area contributed by atoms with Crippen LogP contribution in [0.25, 0.3) is 5.69 Å². The zero-order valence-corrected chi connectivity index (χ0v) is 16.5. The van der Waals surface area contributed by atoms with Crippen molar-refractivity contribution in [2.45, 2.75) is 25.4 Å². The fraction of sp³-hybridized carbons (Fsp3) is 0.368. The molecule has 9 heteroatoms. The fourth-order valence-corrected chi connectivity index (χ4v) is 3.33. The third-order valence-electron chi connectivity index (χ3n) is 4.84. The summed E-state index contributed by atoms with van der Waals surface area (Å²) in [4.78, 5) is 14.3. The minimum absolute atomic E-state index is 0. The lowest BCUT2D eigenvalue weighted by atomic mass is 10.1. The predicted molar refractivity (Wildman–Crippen MR) is 108 cm³/mol. The van der Waals surface area contributed by atoms with E-state index in [4.69, 9.17) is 0 Å². The number of carbonyl (C=O) groups excluding carboxylic acids is 1. The van der Waals surface area contributed by atoms with Crippen LogP contribution >= 0.6 is 12.4 Å². The highest BCUT2D eigenvalue weighted by Crippen LogP contribution is 2.17. The quantitative estimate of drug-likeness (QED) is 0.708. The van der Waals surface area contributed by atoms with Gasteiger partial charge < -0.3 is 10.2 Å². The van der Waals surface area contributed by atoms with E-state index in [-0.39, 0.29) is 18.3 Å². The second-order valence-corrected chi connectivity index (χ2v) is 6.85. The number of hydrogen-bond acceptors (Lipinski definition) is 5. The maximum absolute atomic E-state index is 12.7. The first-order valence-electron chi connectivity index (χ1n) is 9.18. The number of amides is 1. The summed E-state index contributed by atoms with van der Waals surface area (Å²) in [5.74, 6) is -0.136. The van der Waals surface area contributed by atoms with Crippen LogP contribution in [0.5, 0.6) is 0 Å². The van der Waals surface area contributed by atoms with Crippen LogP contribution in [-0.2, 0) is 6.54 Å². The number of aromatic nitrogens is 5. The van der Waals surface area contributed by atoms with Gasteiger partial charge >= 0.3 is 0 Å². The first-order valence-corrected chi connectivity index (χ1v) is 9.18. The van der Waals surface area contributed by atoms with Crippen LogP contribution in [0.1, 0.15) is 34.9 Å². The number of hydrogen-bond donors (Lipinski definition) is 1. The molecule has 148 valence electrons. The van der Waals surface area contributed by atoms with E-state index in [0.717, 1.165) is 37.2 Å². The van der Waals surface area contributed by atoms with Gasteiger partial charge in [-0.05, 0) is 38.1 Å². The van der Waals surface area contributed by atoms with Crippen molar-refractivity contribution in [3.8, 4) is 5.69 Å². The minimum atomic E-state index is -0.136. The van der Waals surface area contributed by atoms with Crippen molar-refractivity contribution in [3.63, 3.8) is 0 Å². The second-order valence-electron chi connectivity index (χ2n) is 6.85. The minimum Gasteiger partial charge on any atom is -0.336 e. The number of nitrogens with one attached hydrogen (secondary N) is 1. The molecule has 0 bridgehead atoms.